The van der Waals surface area contributed by atoms with Crippen molar-refractivity contribution in [3.8, 4) is 0 Å². The average molecular weight is 427 g/mol. The van der Waals surface area contributed by atoms with Crippen molar-refractivity contribution in [2.24, 2.45) is 0 Å². The maximum absolute atomic E-state index is 9.00. The van der Waals surface area contributed by atoms with E-state index in [0.717, 1.165) is 13.8 Å². The third-order valence-electron chi connectivity index (χ3n) is 2.63. The molecule has 0 aromatic heterocycles. The van der Waals surface area contributed by atoms with E-state index in [1.807, 2.05) is 0 Å². The first-order valence-corrected chi connectivity index (χ1v) is 7.49. The van der Waals surface area contributed by atoms with Crippen molar-refractivity contribution in [1.29, 1.82) is 0 Å². The molecule has 2 aliphatic carbocycles. The second kappa shape index (κ2) is 26.0. The minimum absolute atomic E-state index is 0. The van der Waals surface area contributed by atoms with E-state index in [-0.39, 0.29) is 30.3 Å². The molecule has 0 aromatic carbocycles. The Balaban J connectivity index is -0.0000000975. The Kier molecular flexibility index (Phi) is 35.4. The zero-order valence-electron chi connectivity index (χ0n) is 14.0. The topological polar surface area (TPSA) is 74.6 Å². The van der Waals surface area contributed by atoms with Crippen LogP contribution in [0.4, 0.5) is 0 Å². The minimum Gasteiger partial charge on any atom is -0.481 e. The molecule has 22 heavy (non-hydrogen) atoms. The standard InChI is InChI=1S/2C6H11.2C2H4O2.H3P.Pd/c2*1-2-4-6-5-3-1;2*1-2(3)4;;/h2*1H,2-6H2;2*1H3,(H,3,4);1H3;/q2*-1;;;;+2. The van der Waals surface area contributed by atoms with E-state index in [1.165, 1.54) is 64.2 Å². The molecule has 1 unspecified atom stereocenters. The average Bonchev–Trinajstić information content (AvgIpc) is 2.42. The molecule has 136 valence electrons. The summed E-state index contributed by atoms with van der Waals surface area (Å²) in [6, 6.07) is 0. The Morgan fingerprint density at radius 1 is 0.682 bits per heavy atom. The van der Waals surface area contributed by atoms with Gasteiger partial charge in [-0.05, 0) is 0 Å². The summed E-state index contributed by atoms with van der Waals surface area (Å²) >= 11 is 0. The van der Waals surface area contributed by atoms with E-state index in [2.05, 4.69) is 12.8 Å². The van der Waals surface area contributed by atoms with E-state index in [9.17, 15) is 0 Å². The summed E-state index contributed by atoms with van der Waals surface area (Å²) in [5, 5.41) is 14.8. The first-order chi connectivity index (χ1) is 9.46. The van der Waals surface area contributed by atoms with Crippen LogP contribution in [0.5, 0.6) is 0 Å². The normalized spacial score (nSPS) is 15.4. The Labute approximate surface area is 153 Å². The molecule has 0 spiro atoms. The molecule has 0 heterocycles. The summed E-state index contributed by atoms with van der Waals surface area (Å²) in [6.45, 7) is 2.17. The van der Waals surface area contributed by atoms with Gasteiger partial charge in [-0.15, -0.1) is 0 Å². The van der Waals surface area contributed by atoms with Crippen LogP contribution in [-0.4, -0.2) is 22.2 Å². The molecule has 0 saturated heterocycles. The Bertz CT molecular complexity index is 175. The number of carbonyl (C=O) groups is 2. The number of rotatable bonds is 0. The van der Waals surface area contributed by atoms with Gasteiger partial charge in [0.25, 0.3) is 11.9 Å². The smallest absolute Gasteiger partial charge is 0.481 e. The summed E-state index contributed by atoms with van der Waals surface area (Å²) in [7, 11) is 0. The van der Waals surface area contributed by atoms with Gasteiger partial charge >= 0.3 is 20.4 Å². The summed E-state index contributed by atoms with van der Waals surface area (Å²) in [5.74, 6) is -1.67. The maximum Gasteiger partial charge on any atom is 2.00 e. The molecule has 0 aliphatic heterocycles. The van der Waals surface area contributed by atoms with Gasteiger partial charge in [0.2, 0.25) is 0 Å². The predicted molar refractivity (Wildman–Crippen MR) is 92.5 cm³/mol. The first kappa shape index (κ1) is 30.0. The largest absolute Gasteiger partial charge is 2.00 e. The Morgan fingerprint density at radius 2 is 0.864 bits per heavy atom. The number of hydrogen-bond acceptors (Lipinski definition) is 2. The van der Waals surface area contributed by atoms with Crippen molar-refractivity contribution in [3.05, 3.63) is 12.8 Å². The van der Waals surface area contributed by atoms with Gasteiger partial charge in [0, 0.05) is 13.8 Å². The molecule has 6 heteroatoms. The van der Waals surface area contributed by atoms with Crippen molar-refractivity contribution >= 4 is 21.8 Å². The van der Waals surface area contributed by atoms with E-state index in [4.69, 9.17) is 19.8 Å². The second-order valence-corrected chi connectivity index (χ2v) is 4.89. The quantitative estimate of drug-likeness (QED) is 0.338. The van der Waals surface area contributed by atoms with Gasteiger partial charge in [-0.1, -0.05) is 38.5 Å². The van der Waals surface area contributed by atoms with Crippen molar-refractivity contribution in [1.82, 2.24) is 0 Å². The van der Waals surface area contributed by atoms with Crippen LogP contribution in [0, 0.1) is 12.8 Å². The van der Waals surface area contributed by atoms with Gasteiger partial charge in [-0.25, -0.2) is 0 Å². The van der Waals surface area contributed by atoms with E-state index < -0.39 is 11.9 Å². The summed E-state index contributed by atoms with van der Waals surface area (Å²) in [5.41, 5.74) is 0. The molecule has 0 amide bonds. The van der Waals surface area contributed by atoms with Crippen LogP contribution in [0.1, 0.15) is 78.1 Å². The second-order valence-electron chi connectivity index (χ2n) is 4.89. The third-order valence-corrected chi connectivity index (χ3v) is 2.63. The fraction of sp³-hybridized carbons (Fsp3) is 0.750. The van der Waals surface area contributed by atoms with Crippen molar-refractivity contribution < 1.29 is 40.2 Å². The molecular weight excluding hydrogens is 394 g/mol. The molecule has 2 rings (SSSR count). The van der Waals surface area contributed by atoms with Gasteiger partial charge in [0.1, 0.15) is 0 Å². The van der Waals surface area contributed by atoms with Crippen LogP contribution < -0.4 is 0 Å². The summed E-state index contributed by atoms with van der Waals surface area (Å²) in [6.07, 6.45) is 19.0. The minimum atomic E-state index is -0.833. The van der Waals surface area contributed by atoms with Crippen LogP contribution in [0.2, 0.25) is 0 Å². The summed E-state index contributed by atoms with van der Waals surface area (Å²) < 4.78 is 0. The van der Waals surface area contributed by atoms with Gasteiger partial charge in [-0.3, -0.25) is 9.59 Å². The van der Waals surface area contributed by atoms with E-state index in [1.54, 1.807) is 0 Å². The Hall–Kier alpha value is 0.0323. The number of carboxylic acid groups (broad SMARTS) is 2. The van der Waals surface area contributed by atoms with Crippen LogP contribution >= 0.6 is 9.90 Å². The monoisotopic (exact) mass is 426 g/mol. The molecule has 2 N–H and O–H groups in total. The molecule has 0 radical (unpaired) electrons. The zero-order chi connectivity index (χ0) is 15.6. The SMILES string of the molecule is CC(=O)O.CC(=O)O.P.[CH-]1CCCCC1.[CH-]1CCCCC1.[Pd+2]. The molecule has 4 nitrogen and oxygen atoms in total. The Morgan fingerprint density at radius 3 is 0.909 bits per heavy atom. The third kappa shape index (κ3) is 50.1. The number of carboxylic acids is 2. The van der Waals surface area contributed by atoms with Gasteiger partial charge in [0.05, 0.1) is 0 Å². The fourth-order valence-electron chi connectivity index (χ4n) is 1.80. The predicted octanol–water partition coefficient (Wildman–Crippen LogP) is 4.55. The van der Waals surface area contributed by atoms with Gasteiger partial charge < -0.3 is 23.1 Å². The van der Waals surface area contributed by atoms with Crippen LogP contribution in [-0.2, 0) is 30.0 Å². The maximum atomic E-state index is 9.00. The van der Waals surface area contributed by atoms with Crippen LogP contribution in [0.25, 0.3) is 0 Å². The van der Waals surface area contributed by atoms with Crippen molar-refractivity contribution in [3.63, 3.8) is 0 Å². The molecule has 0 aromatic rings. The molecule has 2 saturated carbocycles. The molecular formula is C16H33O4PPd. The van der Waals surface area contributed by atoms with Crippen LogP contribution in [0.3, 0.4) is 0 Å². The van der Waals surface area contributed by atoms with Crippen molar-refractivity contribution in [2.45, 2.75) is 78.1 Å². The summed E-state index contributed by atoms with van der Waals surface area (Å²) in [4.78, 5) is 18.0. The first-order valence-electron chi connectivity index (χ1n) is 7.49. The molecule has 2 aliphatic rings. The fourth-order valence-corrected chi connectivity index (χ4v) is 1.80. The van der Waals surface area contributed by atoms with Gasteiger partial charge in [0.15, 0.2) is 0 Å². The number of aliphatic carboxylic acids is 2. The van der Waals surface area contributed by atoms with E-state index >= 15 is 0 Å². The number of hydrogen-bond donors (Lipinski definition) is 2. The molecule has 2 fully saturated rings. The van der Waals surface area contributed by atoms with E-state index in [0.29, 0.717) is 0 Å². The van der Waals surface area contributed by atoms with Gasteiger partial charge in [-0.2, -0.15) is 35.6 Å². The van der Waals surface area contributed by atoms with Crippen molar-refractivity contribution in [2.75, 3.05) is 0 Å². The molecule has 0 bridgehead atoms. The van der Waals surface area contributed by atoms with Crippen LogP contribution in [0.15, 0.2) is 0 Å². The zero-order valence-corrected chi connectivity index (χ0v) is 16.9. The molecule has 1 atom stereocenters.